The maximum absolute atomic E-state index is 5.35. The average molecular weight is 303 g/mol. The summed E-state index contributed by atoms with van der Waals surface area (Å²) in [6, 6.07) is 0.425. The maximum Gasteiger partial charge on any atom is 0.0615 e. The standard InChI is InChI=1S/C17H38N2O2/c1-7-10-18-14-17(8-2,9-3)15-19(11-12-20-5)16(4)13-21-6/h16,18H,7-15H2,1-6H3. The van der Waals surface area contributed by atoms with Crippen molar-refractivity contribution < 1.29 is 9.47 Å². The second-order valence-electron chi connectivity index (χ2n) is 6.15. The van der Waals surface area contributed by atoms with Crippen LogP contribution in [-0.4, -0.2) is 64.6 Å². The van der Waals surface area contributed by atoms with Gasteiger partial charge in [0.1, 0.15) is 0 Å². The molecule has 0 saturated carbocycles. The number of rotatable bonds is 14. The van der Waals surface area contributed by atoms with Crippen molar-refractivity contribution in [2.75, 3.05) is 53.6 Å². The fourth-order valence-corrected chi connectivity index (χ4v) is 2.75. The molecule has 1 N–H and O–H groups in total. The molecule has 0 aromatic heterocycles. The van der Waals surface area contributed by atoms with Crippen LogP contribution in [-0.2, 0) is 9.47 Å². The summed E-state index contributed by atoms with van der Waals surface area (Å²) in [6.45, 7) is 14.9. The lowest BCUT2D eigenvalue weighted by Gasteiger charge is -2.40. The Balaban J connectivity index is 4.75. The van der Waals surface area contributed by atoms with Crippen LogP contribution < -0.4 is 5.32 Å². The first-order chi connectivity index (χ1) is 10.1. The van der Waals surface area contributed by atoms with Crippen molar-refractivity contribution in [1.82, 2.24) is 10.2 Å². The minimum absolute atomic E-state index is 0.338. The van der Waals surface area contributed by atoms with E-state index >= 15 is 0 Å². The Hall–Kier alpha value is -0.160. The number of nitrogens with zero attached hydrogens (tertiary/aromatic N) is 1. The van der Waals surface area contributed by atoms with Gasteiger partial charge in [-0.25, -0.2) is 0 Å². The highest BCUT2D eigenvalue weighted by atomic mass is 16.5. The van der Waals surface area contributed by atoms with Gasteiger partial charge in [0, 0.05) is 39.9 Å². The Kier molecular flexibility index (Phi) is 12.3. The molecule has 4 heteroatoms. The molecule has 1 atom stereocenters. The van der Waals surface area contributed by atoms with E-state index in [4.69, 9.17) is 9.47 Å². The molecule has 0 fully saturated rings. The second kappa shape index (κ2) is 12.4. The van der Waals surface area contributed by atoms with Gasteiger partial charge in [0.15, 0.2) is 0 Å². The van der Waals surface area contributed by atoms with Crippen LogP contribution in [0.15, 0.2) is 0 Å². The van der Waals surface area contributed by atoms with Crippen molar-refractivity contribution in [2.24, 2.45) is 5.41 Å². The van der Waals surface area contributed by atoms with Gasteiger partial charge in [-0.3, -0.25) is 4.90 Å². The Morgan fingerprint density at radius 2 is 1.76 bits per heavy atom. The van der Waals surface area contributed by atoms with E-state index in [1.165, 1.54) is 19.3 Å². The van der Waals surface area contributed by atoms with Crippen molar-refractivity contribution in [3.05, 3.63) is 0 Å². The van der Waals surface area contributed by atoms with Crippen LogP contribution in [0.25, 0.3) is 0 Å². The Morgan fingerprint density at radius 1 is 1.10 bits per heavy atom. The fourth-order valence-electron chi connectivity index (χ4n) is 2.75. The topological polar surface area (TPSA) is 33.7 Å². The average Bonchev–Trinajstić information content (AvgIpc) is 2.50. The largest absolute Gasteiger partial charge is 0.383 e. The summed E-state index contributed by atoms with van der Waals surface area (Å²) in [6.07, 6.45) is 3.59. The van der Waals surface area contributed by atoms with Gasteiger partial charge >= 0.3 is 0 Å². The van der Waals surface area contributed by atoms with E-state index in [1.807, 2.05) is 0 Å². The van der Waals surface area contributed by atoms with Crippen molar-refractivity contribution in [3.63, 3.8) is 0 Å². The van der Waals surface area contributed by atoms with Crippen molar-refractivity contribution in [2.45, 2.75) is 53.0 Å². The van der Waals surface area contributed by atoms with Gasteiger partial charge in [-0.05, 0) is 38.1 Å². The first-order valence-electron chi connectivity index (χ1n) is 8.51. The summed E-state index contributed by atoms with van der Waals surface area (Å²) in [7, 11) is 3.55. The molecule has 0 saturated heterocycles. The number of ether oxygens (including phenoxy) is 2. The lowest BCUT2D eigenvalue weighted by Crippen LogP contribution is -2.48. The molecule has 0 rings (SSSR count). The molecule has 0 aliphatic carbocycles. The first kappa shape index (κ1) is 20.8. The van der Waals surface area contributed by atoms with Crippen LogP contribution in [0, 0.1) is 5.41 Å². The van der Waals surface area contributed by atoms with Crippen LogP contribution in [0.1, 0.15) is 47.0 Å². The van der Waals surface area contributed by atoms with Gasteiger partial charge in [0.25, 0.3) is 0 Å². The molecule has 0 aromatic rings. The third-order valence-electron chi connectivity index (χ3n) is 4.58. The minimum Gasteiger partial charge on any atom is -0.383 e. The van der Waals surface area contributed by atoms with Crippen LogP contribution in [0.4, 0.5) is 0 Å². The molecular weight excluding hydrogens is 264 g/mol. The van der Waals surface area contributed by atoms with Gasteiger partial charge in [-0.15, -0.1) is 0 Å². The van der Waals surface area contributed by atoms with Crippen molar-refractivity contribution in [3.8, 4) is 0 Å². The van der Waals surface area contributed by atoms with E-state index in [-0.39, 0.29) is 0 Å². The molecule has 0 aliphatic rings. The van der Waals surface area contributed by atoms with Crippen LogP contribution in [0.2, 0.25) is 0 Å². The Morgan fingerprint density at radius 3 is 2.24 bits per heavy atom. The molecule has 128 valence electrons. The zero-order valence-electron chi connectivity index (χ0n) is 15.2. The zero-order valence-corrected chi connectivity index (χ0v) is 15.2. The number of hydrogen-bond donors (Lipinski definition) is 1. The lowest BCUT2D eigenvalue weighted by atomic mass is 9.81. The highest BCUT2D eigenvalue weighted by Gasteiger charge is 2.30. The summed E-state index contributed by atoms with van der Waals surface area (Å²) in [4.78, 5) is 2.52. The quantitative estimate of drug-likeness (QED) is 0.500. The molecule has 0 heterocycles. The van der Waals surface area contributed by atoms with Gasteiger partial charge < -0.3 is 14.8 Å². The molecule has 0 spiro atoms. The molecule has 0 amide bonds. The molecule has 0 bridgehead atoms. The maximum atomic E-state index is 5.35. The Labute approximate surface area is 132 Å². The predicted octanol–water partition coefficient (Wildman–Crippen LogP) is 2.78. The fraction of sp³-hybridized carbons (Fsp3) is 1.00. The van der Waals surface area contributed by atoms with Crippen molar-refractivity contribution in [1.29, 1.82) is 0 Å². The Bertz CT molecular complexity index is 233. The second-order valence-corrected chi connectivity index (χ2v) is 6.15. The van der Waals surface area contributed by atoms with E-state index in [0.29, 0.717) is 11.5 Å². The normalized spacial score (nSPS) is 13.9. The van der Waals surface area contributed by atoms with Gasteiger partial charge in [-0.1, -0.05) is 20.8 Å². The van der Waals surface area contributed by atoms with Crippen LogP contribution in [0.3, 0.4) is 0 Å². The smallest absolute Gasteiger partial charge is 0.0615 e. The monoisotopic (exact) mass is 302 g/mol. The summed E-state index contributed by atoms with van der Waals surface area (Å²) >= 11 is 0. The molecular formula is C17H38N2O2. The third kappa shape index (κ3) is 8.15. The first-order valence-corrected chi connectivity index (χ1v) is 8.51. The highest BCUT2D eigenvalue weighted by molar-refractivity contribution is 4.84. The summed E-state index contributed by atoms with van der Waals surface area (Å²) in [5.74, 6) is 0. The zero-order chi connectivity index (χ0) is 16.1. The minimum atomic E-state index is 0.338. The molecule has 0 aromatic carbocycles. The summed E-state index contributed by atoms with van der Waals surface area (Å²) < 4.78 is 10.6. The van der Waals surface area contributed by atoms with Gasteiger partial charge in [0.2, 0.25) is 0 Å². The third-order valence-corrected chi connectivity index (χ3v) is 4.58. The van der Waals surface area contributed by atoms with Crippen LogP contribution >= 0.6 is 0 Å². The van der Waals surface area contributed by atoms with Crippen LogP contribution in [0.5, 0.6) is 0 Å². The number of methoxy groups -OCH3 is 2. The van der Waals surface area contributed by atoms with E-state index < -0.39 is 0 Å². The molecule has 21 heavy (non-hydrogen) atoms. The van der Waals surface area contributed by atoms with E-state index in [9.17, 15) is 0 Å². The summed E-state index contributed by atoms with van der Waals surface area (Å²) in [5.41, 5.74) is 0.338. The highest BCUT2D eigenvalue weighted by Crippen LogP contribution is 2.27. The molecule has 0 aliphatic heterocycles. The summed E-state index contributed by atoms with van der Waals surface area (Å²) in [5, 5.41) is 3.62. The predicted molar refractivity (Wildman–Crippen MR) is 91.0 cm³/mol. The lowest BCUT2D eigenvalue weighted by molar-refractivity contribution is 0.0395. The van der Waals surface area contributed by atoms with Crippen molar-refractivity contribution >= 4 is 0 Å². The molecule has 4 nitrogen and oxygen atoms in total. The van der Waals surface area contributed by atoms with E-state index in [0.717, 1.165) is 39.4 Å². The van der Waals surface area contributed by atoms with E-state index in [2.05, 4.69) is 37.9 Å². The molecule has 0 radical (unpaired) electrons. The van der Waals surface area contributed by atoms with Gasteiger partial charge in [0.05, 0.1) is 13.2 Å². The number of hydrogen-bond acceptors (Lipinski definition) is 4. The van der Waals surface area contributed by atoms with Gasteiger partial charge in [-0.2, -0.15) is 0 Å². The number of nitrogens with one attached hydrogen (secondary N) is 1. The molecule has 1 unspecified atom stereocenters. The SMILES string of the molecule is CCCNCC(CC)(CC)CN(CCOC)C(C)COC. The van der Waals surface area contributed by atoms with E-state index in [1.54, 1.807) is 14.2 Å².